The molecule has 0 saturated carbocycles. The molecule has 0 aliphatic heterocycles. The molecular weight excluding hydrogens is 242 g/mol. The van der Waals surface area contributed by atoms with Crippen molar-refractivity contribution in [2.45, 2.75) is 33.0 Å². The fourth-order valence-corrected chi connectivity index (χ4v) is 2.87. The van der Waals surface area contributed by atoms with Gasteiger partial charge in [-0.2, -0.15) is 0 Å². The molecular formula is C15H19NOS. The van der Waals surface area contributed by atoms with Crippen molar-refractivity contribution in [1.82, 2.24) is 5.32 Å². The predicted molar refractivity (Wildman–Crippen MR) is 76.6 cm³/mol. The van der Waals surface area contributed by atoms with Crippen LogP contribution in [-0.4, -0.2) is 5.11 Å². The molecule has 1 heterocycles. The molecule has 3 heteroatoms. The third kappa shape index (κ3) is 3.42. The summed E-state index contributed by atoms with van der Waals surface area (Å²) in [5, 5.41) is 14.6. The molecule has 0 radical (unpaired) electrons. The van der Waals surface area contributed by atoms with E-state index in [0.29, 0.717) is 0 Å². The van der Waals surface area contributed by atoms with Crippen molar-refractivity contribution in [1.29, 1.82) is 0 Å². The van der Waals surface area contributed by atoms with Crippen LogP contribution in [0, 0.1) is 0 Å². The highest BCUT2D eigenvalue weighted by Crippen LogP contribution is 2.17. The first-order chi connectivity index (χ1) is 8.83. The molecule has 0 unspecified atom stereocenters. The molecule has 2 aromatic rings. The molecule has 1 aromatic heterocycles. The van der Waals surface area contributed by atoms with E-state index in [2.05, 4.69) is 35.8 Å². The summed E-state index contributed by atoms with van der Waals surface area (Å²) < 4.78 is 0. The molecule has 96 valence electrons. The molecule has 0 atom stereocenters. The first-order valence-electron chi connectivity index (χ1n) is 6.28. The smallest absolute Gasteiger partial charge is 0.0681 e. The van der Waals surface area contributed by atoms with Crippen molar-refractivity contribution in [2.75, 3.05) is 0 Å². The Morgan fingerprint density at radius 1 is 1.06 bits per heavy atom. The van der Waals surface area contributed by atoms with Gasteiger partial charge in [0.25, 0.3) is 0 Å². The minimum Gasteiger partial charge on any atom is -0.392 e. The lowest BCUT2D eigenvalue weighted by Gasteiger charge is -2.06. The number of rotatable bonds is 6. The van der Waals surface area contributed by atoms with Crippen LogP contribution in [0.2, 0.25) is 0 Å². The Bertz CT molecular complexity index is 475. The van der Waals surface area contributed by atoms with Crippen molar-refractivity contribution in [2.24, 2.45) is 0 Å². The zero-order chi connectivity index (χ0) is 12.8. The van der Waals surface area contributed by atoms with E-state index in [-0.39, 0.29) is 6.61 Å². The number of aryl methyl sites for hydroxylation is 1. The summed E-state index contributed by atoms with van der Waals surface area (Å²) in [4.78, 5) is 1.43. The monoisotopic (exact) mass is 261 g/mol. The molecule has 1 aromatic carbocycles. The van der Waals surface area contributed by atoms with Gasteiger partial charge in [0.05, 0.1) is 6.61 Å². The van der Waals surface area contributed by atoms with Crippen LogP contribution >= 0.6 is 11.3 Å². The van der Waals surface area contributed by atoms with Crippen molar-refractivity contribution >= 4 is 11.3 Å². The molecule has 0 aliphatic carbocycles. The fourth-order valence-electron chi connectivity index (χ4n) is 1.92. The van der Waals surface area contributed by atoms with Crippen molar-refractivity contribution in [3.8, 4) is 0 Å². The molecule has 0 bridgehead atoms. The summed E-state index contributed by atoms with van der Waals surface area (Å²) in [6.07, 6.45) is 1.10. The van der Waals surface area contributed by atoms with Crippen LogP contribution in [0.3, 0.4) is 0 Å². The Kier molecular flexibility index (Phi) is 4.93. The predicted octanol–water partition coefficient (Wildman–Crippen LogP) is 3.09. The largest absolute Gasteiger partial charge is 0.392 e. The van der Waals surface area contributed by atoms with Gasteiger partial charge in [0.15, 0.2) is 0 Å². The van der Waals surface area contributed by atoms with Crippen LogP contribution in [0.1, 0.15) is 28.5 Å². The highest BCUT2D eigenvalue weighted by molar-refractivity contribution is 7.10. The van der Waals surface area contributed by atoms with Gasteiger partial charge < -0.3 is 10.4 Å². The summed E-state index contributed by atoms with van der Waals surface area (Å²) in [5.41, 5.74) is 3.66. The molecule has 0 spiro atoms. The Balaban J connectivity index is 1.84. The number of thiophene rings is 1. The number of aliphatic hydroxyl groups is 1. The van der Waals surface area contributed by atoms with E-state index in [4.69, 9.17) is 5.11 Å². The Hall–Kier alpha value is -1.16. The van der Waals surface area contributed by atoms with E-state index < -0.39 is 0 Å². The number of hydrogen-bond acceptors (Lipinski definition) is 3. The summed E-state index contributed by atoms with van der Waals surface area (Å²) >= 11 is 1.82. The van der Waals surface area contributed by atoms with Crippen LogP contribution in [0.25, 0.3) is 0 Å². The number of benzene rings is 1. The van der Waals surface area contributed by atoms with Gasteiger partial charge in [0.1, 0.15) is 0 Å². The van der Waals surface area contributed by atoms with Crippen LogP contribution in [-0.2, 0) is 26.1 Å². The van der Waals surface area contributed by atoms with Crippen LogP contribution in [0.4, 0.5) is 0 Å². The highest BCUT2D eigenvalue weighted by atomic mass is 32.1. The molecule has 2 nitrogen and oxygen atoms in total. The van der Waals surface area contributed by atoms with Gasteiger partial charge in [-0.15, -0.1) is 11.3 Å². The zero-order valence-corrected chi connectivity index (χ0v) is 11.5. The van der Waals surface area contributed by atoms with Gasteiger partial charge in [-0.3, -0.25) is 0 Å². The Labute approximate surface area is 112 Å². The van der Waals surface area contributed by atoms with Gasteiger partial charge in [0.2, 0.25) is 0 Å². The third-order valence-corrected chi connectivity index (χ3v) is 4.00. The number of hydrogen-bond donors (Lipinski definition) is 2. The van der Waals surface area contributed by atoms with Gasteiger partial charge >= 0.3 is 0 Å². The second-order valence-electron chi connectivity index (χ2n) is 4.30. The average Bonchev–Trinajstić information content (AvgIpc) is 2.87. The van der Waals surface area contributed by atoms with E-state index in [9.17, 15) is 0 Å². The maximum Gasteiger partial charge on any atom is 0.0681 e. The summed E-state index contributed by atoms with van der Waals surface area (Å²) in [6.45, 7) is 4.11. The van der Waals surface area contributed by atoms with Crippen LogP contribution < -0.4 is 5.32 Å². The summed E-state index contributed by atoms with van der Waals surface area (Å²) in [6, 6.07) is 10.3. The van der Waals surface area contributed by atoms with E-state index in [0.717, 1.165) is 25.1 Å². The highest BCUT2D eigenvalue weighted by Gasteiger charge is 2.01. The molecule has 18 heavy (non-hydrogen) atoms. The first-order valence-corrected chi connectivity index (χ1v) is 7.16. The van der Waals surface area contributed by atoms with Gasteiger partial charge in [-0.05, 0) is 34.6 Å². The topological polar surface area (TPSA) is 32.3 Å². The molecule has 2 N–H and O–H groups in total. The van der Waals surface area contributed by atoms with Gasteiger partial charge in [-0.1, -0.05) is 31.2 Å². The number of nitrogens with one attached hydrogen (secondary N) is 1. The third-order valence-electron chi connectivity index (χ3n) is 3.04. The maximum atomic E-state index is 8.97. The maximum absolute atomic E-state index is 8.97. The van der Waals surface area contributed by atoms with Crippen molar-refractivity contribution < 1.29 is 5.11 Å². The lowest BCUT2D eigenvalue weighted by molar-refractivity contribution is 0.282. The average molecular weight is 261 g/mol. The van der Waals surface area contributed by atoms with Crippen LogP contribution in [0.15, 0.2) is 35.7 Å². The fraction of sp³-hybridized carbons (Fsp3) is 0.333. The molecule has 0 fully saturated rings. The first kappa shape index (κ1) is 13.3. The second kappa shape index (κ2) is 6.69. The summed E-state index contributed by atoms with van der Waals surface area (Å²) in [5.74, 6) is 0. The minimum absolute atomic E-state index is 0.114. The lowest BCUT2D eigenvalue weighted by atomic mass is 10.1. The normalized spacial score (nSPS) is 10.8. The van der Waals surface area contributed by atoms with Crippen molar-refractivity contribution in [3.05, 3.63) is 57.3 Å². The van der Waals surface area contributed by atoms with E-state index in [1.807, 2.05) is 23.5 Å². The Morgan fingerprint density at radius 3 is 2.44 bits per heavy atom. The van der Waals surface area contributed by atoms with E-state index in [1.165, 1.54) is 16.0 Å². The Morgan fingerprint density at radius 2 is 1.78 bits per heavy atom. The summed E-state index contributed by atoms with van der Waals surface area (Å²) in [7, 11) is 0. The molecule has 0 amide bonds. The minimum atomic E-state index is 0.114. The molecule has 2 rings (SSSR count). The molecule has 0 saturated heterocycles. The standard InChI is InChI=1S/C15H19NOS/c1-2-14-7-8-18-15(14)10-16-9-12-3-5-13(11-17)6-4-12/h3-8,16-17H,2,9-11H2,1H3. The lowest BCUT2D eigenvalue weighted by Crippen LogP contribution is -2.12. The number of aliphatic hydroxyl groups excluding tert-OH is 1. The second-order valence-corrected chi connectivity index (χ2v) is 5.30. The van der Waals surface area contributed by atoms with Gasteiger partial charge in [0, 0.05) is 18.0 Å². The van der Waals surface area contributed by atoms with Crippen LogP contribution in [0.5, 0.6) is 0 Å². The van der Waals surface area contributed by atoms with E-state index >= 15 is 0 Å². The molecule has 0 aliphatic rings. The quantitative estimate of drug-likeness (QED) is 0.837. The van der Waals surface area contributed by atoms with Crippen molar-refractivity contribution in [3.63, 3.8) is 0 Å². The SMILES string of the molecule is CCc1ccsc1CNCc1ccc(CO)cc1. The zero-order valence-electron chi connectivity index (χ0n) is 10.6. The van der Waals surface area contributed by atoms with E-state index in [1.54, 1.807) is 0 Å². The van der Waals surface area contributed by atoms with Gasteiger partial charge in [-0.25, -0.2) is 0 Å².